The van der Waals surface area contributed by atoms with E-state index in [1.165, 1.54) is 13.1 Å². The van der Waals surface area contributed by atoms with Crippen molar-refractivity contribution < 1.29 is 27.7 Å². The molecule has 0 radical (unpaired) electrons. The van der Waals surface area contributed by atoms with Crippen LogP contribution < -0.4 is 20.4 Å². The van der Waals surface area contributed by atoms with Crippen LogP contribution in [0.3, 0.4) is 0 Å². The Hall–Kier alpha value is -2.29. The molecule has 1 heterocycles. The number of imide groups is 1. The van der Waals surface area contributed by atoms with E-state index < -0.39 is 17.8 Å². The van der Waals surface area contributed by atoms with E-state index in [1.54, 1.807) is 6.07 Å². The van der Waals surface area contributed by atoms with Crippen LogP contribution in [0.1, 0.15) is 5.56 Å². The Morgan fingerprint density at radius 3 is 2.50 bits per heavy atom. The minimum absolute atomic E-state index is 0.157. The molecular weight excluding hydrogens is 325 g/mol. The Balaban J connectivity index is 1.89. The number of hydrogen-bond acceptors (Lipinski definition) is 3. The lowest BCUT2D eigenvalue weighted by atomic mass is 10.1. The highest BCUT2D eigenvalue weighted by molar-refractivity contribution is 5.94. The monoisotopic (exact) mass is 345 g/mol. The number of alkyl halides is 3. The van der Waals surface area contributed by atoms with Crippen molar-refractivity contribution >= 4 is 17.6 Å². The fourth-order valence-electron chi connectivity index (χ4n) is 2.60. The van der Waals surface area contributed by atoms with Gasteiger partial charge in [-0.1, -0.05) is 6.07 Å². The maximum Gasteiger partial charge on any atom is 0.416 e. The molecule has 1 aliphatic rings. The molecule has 3 amide bonds. The minimum atomic E-state index is -4.36. The van der Waals surface area contributed by atoms with Crippen molar-refractivity contribution in [1.82, 2.24) is 10.6 Å². The van der Waals surface area contributed by atoms with Gasteiger partial charge in [-0.2, -0.15) is 13.2 Å². The topological polar surface area (TPSA) is 65.9 Å². The first kappa shape index (κ1) is 18.1. The molecule has 1 fully saturated rings. The quantitative estimate of drug-likeness (QED) is 0.715. The molecule has 0 saturated carbocycles. The number of amides is 3. The average molecular weight is 345 g/mol. The Bertz CT molecular complexity index is 599. The van der Waals surface area contributed by atoms with Crippen LogP contribution in [-0.4, -0.2) is 51.7 Å². The van der Waals surface area contributed by atoms with Gasteiger partial charge in [0.05, 0.1) is 31.7 Å². The zero-order chi connectivity index (χ0) is 17.7. The highest BCUT2D eigenvalue weighted by Crippen LogP contribution is 2.31. The van der Waals surface area contributed by atoms with E-state index in [4.69, 9.17) is 0 Å². The molecule has 0 bridgehead atoms. The van der Waals surface area contributed by atoms with Crippen LogP contribution in [0.2, 0.25) is 0 Å². The Morgan fingerprint density at radius 2 is 1.92 bits per heavy atom. The lowest BCUT2D eigenvalue weighted by molar-refractivity contribution is -0.892. The minimum Gasteiger partial charge on any atom is -0.360 e. The molecule has 0 spiro atoms. The lowest BCUT2D eigenvalue weighted by Gasteiger charge is -2.33. The Labute approximate surface area is 137 Å². The van der Waals surface area contributed by atoms with Crippen molar-refractivity contribution in [2.45, 2.75) is 6.18 Å². The first-order chi connectivity index (χ1) is 11.3. The number of nitrogens with zero attached hydrogens (tertiary/aromatic N) is 1. The van der Waals surface area contributed by atoms with E-state index in [0.29, 0.717) is 31.9 Å². The zero-order valence-electron chi connectivity index (χ0n) is 13.2. The fraction of sp³-hybridized carbons (Fsp3) is 0.467. The van der Waals surface area contributed by atoms with Crippen molar-refractivity contribution in [3.05, 3.63) is 29.8 Å². The van der Waals surface area contributed by atoms with Gasteiger partial charge in [-0.25, -0.2) is 4.79 Å². The third-order valence-corrected chi connectivity index (χ3v) is 3.90. The summed E-state index contributed by atoms with van der Waals surface area (Å²) in [6.07, 6.45) is -4.36. The third kappa shape index (κ3) is 4.85. The summed E-state index contributed by atoms with van der Waals surface area (Å²) < 4.78 is 38.3. The molecular formula is C15H20F3N4O2+. The van der Waals surface area contributed by atoms with E-state index >= 15 is 0 Å². The van der Waals surface area contributed by atoms with Crippen molar-refractivity contribution in [1.29, 1.82) is 0 Å². The Kier molecular flexibility index (Phi) is 5.66. The first-order valence-corrected chi connectivity index (χ1v) is 7.57. The molecule has 0 unspecified atom stereocenters. The van der Waals surface area contributed by atoms with E-state index in [9.17, 15) is 22.8 Å². The van der Waals surface area contributed by atoms with Crippen LogP contribution in [0.15, 0.2) is 24.3 Å². The van der Waals surface area contributed by atoms with Crippen molar-refractivity contribution in [2.75, 3.05) is 44.7 Å². The van der Waals surface area contributed by atoms with Crippen LogP contribution in [-0.2, 0) is 11.0 Å². The maximum atomic E-state index is 12.8. The standard InChI is InChI=1S/C15H19F3N4O2/c1-19-14(24)20-13(23)10-21-5-7-22(8-6-21)12-4-2-3-11(9-12)15(16,17)18/h2-4,9H,5-8,10H2,1H3,(H2,19,20,23,24)/p+1. The van der Waals surface area contributed by atoms with Gasteiger partial charge in [-0.3, -0.25) is 10.1 Å². The predicted molar refractivity (Wildman–Crippen MR) is 81.8 cm³/mol. The lowest BCUT2D eigenvalue weighted by Crippen LogP contribution is -3.16. The Morgan fingerprint density at radius 1 is 1.25 bits per heavy atom. The molecule has 1 aromatic carbocycles. The number of carbonyl (C=O) groups is 2. The van der Waals surface area contributed by atoms with Crippen molar-refractivity contribution in [3.8, 4) is 0 Å². The molecule has 3 N–H and O–H groups in total. The normalized spacial score (nSPS) is 15.9. The molecule has 132 valence electrons. The SMILES string of the molecule is CNC(=O)NC(=O)C[NH+]1CCN(c2cccc(C(F)(F)F)c2)CC1. The van der Waals surface area contributed by atoms with Gasteiger partial charge in [0.2, 0.25) is 0 Å². The van der Waals surface area contributed by atoms with Crippen molar-refractivity contribution in [2.24, 2.45) is 0 Å². The third-order valence-electron chi connectivity index (χ3n) is 3.90. The number of rotatable bonds is 3. The number of halogens is 3. The molecule has 0 aliphatic carbocycles. The van der Waals surface area contributed by atoms with E-state index in [1.807, 2.05) is 4.90 Å². The number of piperazine rings is 1. The number of urea groups is 1. The second-order valence-electron chi connectivity index (χ2n) is 5.59. The van der Waals surface area contributed by atoms with Crippen molar-refractivity contribution in [3.63, 3.8) is 0 Å². The molecule has 2 rings (SSSR count). The summed E-state index contributed by atoms with van der Waals surface area (Å²) in [7, 11) is 1.42. The number of anilines is 1. The smallest absolute Gasteiger partial charge is 0.360 e. The molecule has 6 nitrogen and oxygen atoms in total. The van der Waals surface area contributed by atoms with Gasteiger partial charge in [0.25, 0.3) is 5.91 Å². The van der Waals surface area contributed by atoms with Crippen LogP contribution in [0.5, 0.6) is 0 Å². The van der Waals surface area contributed by atoms with E-state index in [0.717, 1.165) is 17.0 Å². The van der Waals surface area contributed by atoms with Crippen LogP contribution in [0, 0.1) is 0 Å². The van der Waals surface area contributed by atoms with Gasteiger partial charge in [0.15, 0.2) is 6.54 Å². The zero-order valence-corrected chi connectivity index (χ0v) is 13.2. The molecule has 1 aliphatic heterocycles. The summed E-state index contributed by atoms with van der Waals surface area (Å²) in [5, 5.41) is 4.49. The number of benzene rings is 1. The first-order valence-electron chi connectivity index (χ1n) is 7.57. The molecule has 1 aromatic rings. The summed E-state index contributed by atoms with van der Waals surface area (Å²) in [5.74, 6) is -0.378. The molecule has 9 heteroatoms. The number of hydrogen-bond donors (Lipinski definition) is 3. The highest BCUT2D eigenvalue weighted by atomic mass is 19.4. The number of carbonyl (C=O) groups excluding carboxylic acids is 2. The maximum absolute atomic E-state index is 12.8. The predicted octanol–water partition coefficient (Wildman–Crippen LogP) is -0.134. The number of quaternary nitrogens is 1. The fourth-order valence-corrected chi connectivity index (χ4v) is 2.60. The molecule has 0 atom stereocenters. The van der Waals surface area contributed by atoms with Crippen LogP contribution >= 0.6 is 0 Å². The van der Waals surface area contributed by atoms with Gasteiger partial charge in [0, 0.05) is 12.7 Å². The summed E-state index contributed by atoms with van der Waals surface area (Å²) in [6.45, 7) is 2.46. The van der Waals surface area contributed by atoms with E-state index in [-0.39, 0.29) is 12.5 Å². The summed E-state index contributed by atoms with van der Waals surface area (Å²) >= 11 is 0. The molecule has 1 saturated heterocycles. The molecule has 0 aromatic heterocycles. The number of nitrogens with one attached hydrogen (secondary N) is 3. The second-order valence-corrected chi connectivity index (χ2v) is 5.59. The summed E-state index contributed by atoms with van der Waals surface area (Å²) in [4.78, 5) is 25.6. The largest absolute Gasteiger partial charge is 0.416 e. The average Bonchev–Trinajstić information content (AvgIpc) is 2.54. The summed E-state index contributed by atoms with van der Waals surface area (Å²) in [5.41, 5.74) is -0.140. The second kappa shape index (κ2) is 7.52. The van der Waals surface area contributed by atoms with Gasteiger partial charge in [-0.05, 0) is 18.2 Å². The van der Waals surface area contributed by atoms with Gasteiger partial charge >= 0.3 is 12.2 Å². The van der Waals surface area contributed by atoms with Gasteiger partial charge in [-0.15, -0.1) is 0 Å². The van der Waals surface area contributed by atoms with Gasteiger partial charge in [0.1, 0.15) is 0 Å². The van der Waals surface area contributed by atoms with Crippen LogP contribution in [0.4, 0.5) is 23.7 Å². The highest BCUT2D eigenvalue weighted by Gasteiger charge is 2.31. The van der Waals surface area contributed by atoms with Gasteiger partial charge < -0.3 is 15.1 Å². The molecule has 24 heavy (non-hydrogen) atoms. The van der Waals surface area contributed by atoms with E-state index in [2.05, 4.69) is 10.6 Å². The summed E-state index contributed by atoms with van der Waals surface area (Å²) in [6, 6.07) is 4.69. The van der Waals surface area contributed by atoms with Crippen LogP contribution in [0.25, 0.3) is 0 Å².